The van der Waals surface area contributed by atoms with E-state index in [4.69, 9.17) is 9.47 Å². The molecule has 0 aromatic heterocycles. The first-order valence-electron chi connectivity index (χ1n) is 6.04. The highest BCUT2D eigenvalue weighted by molar-refractivity contribution is 5.79. The first-order valence-corrected chi connectivity index (χ1v) is 6.04. The number of methoxy groups -OCH3 is 1. The van der Waals surface area contributed by atoms with E-state index >= 15 is 0 Å². The number of ether oxygens (including phenoxy) is 2. The summed E-state index contributed by atoms with van der Waals surface area (Å²) < 4.78 is 10.4. The van der Waals surface area contributed by atoms with E-state index in [-0.39, 0.29) is 11.4 Å². The van der Waals surface area contributed by atoms with Gasteiger partial charge in [0.25, 0.3) is 0 Å². The summed E-state index contributed by atoms with van der Waals surface area (Å²) in [5.41, 5.74) is 0.785. The summed E-state index contributed by atoms with van der Waals surface area (Å²) in [7, 11) is 1.63. The van der Waals surface area contributed by atoms with Gasteiger partial charge in [-0.15, -0.1) is 0 Å². The van der Waals surface area contributed by atoms with Crippen LogP contribution in [0.5, 0.6) is 5.75 Å². The average molecular weight is 249 g/mol. The highest BCUT2D eigenvalue weighted by atomic mass is 16.5. The summed E-state index contributed by atoms with van der Waals surface area (Å²) in [4.78, 5) is 14.0. The van der Waals surface area contributed by atoms with E-state index in [1.54, 1.807) is 12.0 Å². The fourth-order valence-electron chi connectivity index (χ4n) is 2.06. The van der Waals surface area contributed by atoms with Crippen LogP contribution in [-0.2, 0) is 16.0 Å². The second-order valence-electron chi connectivity index (χ2n) is 5.14. The molecule has 1 aromatic rings. The van der Waals surface area contributed by atoms with E-state index in [0.717, 1.165) is 11.3 Å². The minimum atomic E-state index is -0.205. The standard InChI is InChI=1S/C14H19NO3/c1-14(2)9-18-10-15(14)13(16)8-11-4-6-12(17-3)7-5-11/h4-7H,8-10H2,1-3H3. The minimum absolute atomic E-state index is 0.0997. The van der Waals surface area contributed by atoms with Crippen LogP contribution in [0.2, 0.25) is 0 Å². The lowest BCUT2D eigenvalue weighted by atomic mass is 10.0. The van der Waals surface area contributed by atoms with Gasteiger partial charge in [0.1, 0.15) is 12.5 Å². The van der Waals surface area contributed by atoms with Crippen molar-refractivity contribution in [3.63, 3.8) is 0 Å². The molecule has 0 aliphatic carbocycles. The lowest BCUT2D eigenvalue weighted by Crippen LogP contribution is -2.44. The Bertz CT molecular complexity index is 425. The van der Waals surface area contributed by atoms with Crippen molar-refractivity contribution in [3.05, 3.63) is 29.8 Å². The van der Waals surface area contributed by atoms with Gasteiger partial charge >= 0.3 is 0 Å². The Labute approximate surface area is 107 Å². The molecule has 0 radical (unpaired) electrons. The lowest BCUT2D eigenvalue weighted by Gasteiger charge is -2.29. The predicted octanol–water partition coefficient (Wildman–Crippen LogP) is 1.83. The topological polar surface area (TPSA) is 38.8 Å². The molecule has 0 N–H and O–H groups in total. The summed E-state index contributed by atoms with van der Waals surface area (Å²) in [5, 5.41) is 0. The quantitative estimate of drug-likeness (QED) is 0.820. The second-order valence-corrected chi connectivity index (χ2v) is 5.14. The van der Waals surface area contributed by atoms with Gasteiger partial charge in [-0.3, -0.25) is 4.79 Å². The Morgan fingerprint density at radius 1 is 1.39 bits per heavy atom. The highest BCUT2D eigenvalue weighted by Crippen LogP contribution is 2.22. The van der Waals surface area contributed by atoms with Gasteiger partial charge in [-0.1, -0.05) is 12.1 Å². The normalized spacial score (nSPS) is 17.8. The van der Waals surface area contributed by atoms with Gasteiger partial charge in [0.15, 0.2) is 0 Å². The maximum Gasteiger partial charge on any atom is 0.229 e. The molecule has 0 saturated carbocycles. The molecule has 0 spiro atoms. The van der Waals surface area contributed by atoms with Gasteiger partial charge in [-0.05, 0) is 31.5 Å². The van der Waals surface area contributed by atoms with E-state index in [1.165, 1.54) is 0 Å². The number of carbonyl (C=O) groups is 1. The lowest BCUT2D eigenvalue weighted by molar-refractivity contribution is -0.134. The summed E-state index contributed by atoms with van der Waals surface area (Å²) in [6.45, 7) is 5.03. The van der Waals surface area contributed by atoms with Crippen molar-refractivity contribution in [1.82, 2.24) is 4.90 Å². The van der Waals surface area contributed by atoms with Crippen molar-refractivity contribution < 1.29 is 14.3 Å². The third kappa shape index (κ3) is 2.64. The summed E-state index contributed by atoms with van der Waals surface area (Å²) in [5.74, 6) is 0.902. The van der Waals surface area contributed by atoms with Crippen LogP contribution in [0.3, 0.4) is 0 Å². The molecule has 1 heterocycles. The molecule has 4 heteroatoms. The number of amides is 1. The number of rotatable bonds is 3. The van der Waals surface area contributed by atoms with Gasteiger partial charge in [0.2, 0.25) is 5.91 Å². The summed E-state index contributed by atoms with van der Waals surface area (Å²) in [6.07, 6.45) is 0.400. The molecule has 0 unspecified atom stereocenters. The van der Waals surface area contributed by atoms with Crippen molar-refractivity contribution in [3.8, 4) is 5.75 Å². The maximum absolute atomic E-state index is 12.2. The van der Waals surface area contributed by atoms with E-state index in [1.807, 2.05) is 38.1 Å². The van der Waals surface area contributed by atoms with E-state index in [9.17, 15) is 4.79 Å². The third-order valence-corrected chi connectivity index (χ3v) is 3.22. The molecular weight excluding hydrogens is 230 g/mol. The fourth-order valence-corrected chi connectivity index (χ4v) is 2.06. The van der Waals surface area contributed by atoms with Gasteiger partial charge in [0.05, 0.1) is 25.7 Å². The zero-order valence-electron chi connectivity index (χ0n) is 11.1. The van der Waals surface area contributed by atoms with Crippen LogP contribution < -0.4 is 4.74 Å². The molecule has 1 saturated heterocycles. The maximum atomic E-state index is 12.2. The number of benzene rings is 1. The van der Waals surface area contributed by atoms with Gasteiger partial charge < -0.3 is 14.4 Å². The number of hydrogen-bond acceptors (Lipinski definition) is 3. The molecule has 98 valence electrons. The molecule has 1 aromatic carbocycles. The molecule has 1 amide bonds. The Morgan fingerprint density at radius 2 is 2.06 bits per heavy atom. The molecule has 2 rings (SSSR count). The van der Waals surface area contributed by atoms with Crippen molar-refractivity contribution in [2.75, 3.05) is 20.4 Å². The third-order valence-electron chi connectivity index (χ3n) is 3.22. The molecule has 0 bridgehead atoms. The Kier molecular flexibility index (Phi) is 3.57. The molecule has 1 fully saturated rings. The minimum Gasteiger partial charge on any atom is -0.497 e. The fraction of sp³-hybridized carbons (Fsp3) is 0.500. The second kappa shape index (κ2) is 4.98. The molecule has 18 heavy (non-hydrogen) atoms. The zero-order chi connectivity index (χ0) is 13.2. The average Bonchev–Trinajstić information content (AvgIpc) is 2.70. The van der Waals surface area contributed by atoms with Crippen molar-refractivity contribution >= 4 is 5.91 Å². The van der Waals surface area contributed by atoms with E-state index in [2.05, 4.69) is 0 Å². The Balaban J connectivity index is 2.02. The number of hydrogen-bond donors (Lipinski definition) is 0. The van der Waals surface area contributed by atoms with Crippen LogP contribution in [0.1, 0.15) is 19.4 Å². The molecule has 0 atom stereocenters. The van der Waals surface area contributed by atoms with Crippen LogP contribution >= 0.6 is 0 Å². The number of nitrogens with zero attached hydrogens (tertiary/aromatic N) is 1. The monoisotopic (exact) mass is 249 g/mol. The highest BCUT2D eigenvalue weighted by Gasteiger charge is 2.36. The molecule has 1 aliphatic rings. The van der Waals surface area contributed by atoms with E-state index in [0.29, 0.717) is 19.8 Å². The summed E-state index contributed by atoms with van der Waals surface area (Å²) >= 11 is 0. The van der Waals surface area contributed by atoms with Crippen LogP contribution in [0, 0.1) is 0 Å². The first kappa shape index (κ1) is 12.9. The van der Waals surface area contributed by atoms with Crippen LogP contribution in [0.4, 0.5) is 0 Å². The first-order chi connectivity index (χ1) is 8.53. The molecule has 1 aliphatic heterocycles. The largest absolute Gasteiger partial charge is 0.497 e. The predicted molar refractivity (Wildman–Crippen MR) is 68.4 cm³/mol. The van der Waals surface area contributed by atoms with E-state index < -0.39 is 0 Å². The van der Waals surface area contributed by atoms with Crippen molar-refractivity contribution in [1.29, 1.82) is 0 Å². The van der Waals surface area contributed by atoms with Gasteiger partial charge in [0, 0.05) is 0 Å². The molecular formula is C14H19NO3. The smallest absolute Gasteiger partial charge is 0.229 e. The van der Waals surface area contributed by atoms with Crippen LogP contribution in [0.25, 0.3) is 0 Å². The molecule has 4 nitrogen and oxygen atoms in total. The van der Waals surface area contributed by atoms with Crippen LogP contribution in [0.15, 0.2) is 24.3 Å². The van der Waals surface area contributed by atoms with Crippen molar-refractivity contribution in [2.24, 2.45) is 0 Å². The van der Waals surface area contributed by atoms with Crippen molar-refractivity contribution in [2.45, 2.75) is 25.8 Å². The van der Waals surface area contributed by atoms with Crippen LogP contribution in [-0.4, -0.2) is 36.8 Å². The summed E-state index contributed by atoms with van der Waals surface area (Å²) in [6, 6.07) is 7.57. The Morgan fingerprint density at radius 3 is 2.56 bits per heavy atom. The zero-order valence-corrected chi connectivity index (χ0v) is 11.1. The SMILES string of the molecule is COc1ccc(CC(=O)N2COCC2(C)C)cc1. The van der Waals surface area contributed by atoms with Gasteiger partial charge in [-0.25, -0.2) is 0 Å². The Hall–Kier alpha value is -1.55. The van der Waals surface area contributed by atoms with Gasteiger partial charge in [-0.2, -0.15) is 0 Å². The number of carbonyl (C=O) groups excluding carboxylic acids is 1.